The van der Waals surface area contributed by atoms with E-state index in [4.69, 9.17) is 11.6 Å². The molecule has 0 radical (unpaired) electrons. The Hall–Kier alpha value is -3.29. The first-order valence-corrected chi connectivity index (χ1v) is 10.1. The zero-order valence-electron chi connectivity index (χ0n) is 17.4. The molecule has 1 heterocycles. The predicted octanol–water partition coefficient (Wildman–Crippen LogP) is 3.95. The van der Waals surface area contributed by atoms with Crippen LogP contribution < -0.4 is 27.2 Å². The number of anilines is 3. The van der Waals surface area contributed by atoms with Crippen molar-refractivity contribution in [1.29, 1.82) is 0 Å². The highest BCUT2D eigenvalue weighted by Crippen LogP contribution is 2.23. The predicted molar refractivity (Wildman–Crippen MR) is 124 cm³/mol. The molecule has 7 nitrogen and oxygen atoms in total. The van der Waals surface area contributed by atoms with Crippen LogP contribution in [0.2, 0.25) is 0 Å². The highest BCUT2D eigenvalue weighted by atomic mass is 16.3. The minimum atomic E-state index is -0.963. The van der Waals surface area contributed by atoms with Gasteiger partial charge in [-0.2, -0.15) is 0 Å². The Kier molecular flexibility index (Phi) is 7.11. The highest BCUT2D eigenvalue weighted by molar-refractivity contribution is 5.93. The summed E-state index contributed by atoms with van der Waals surface area (Å²) in [5.41, 5.74) is 9.18. The third kappa shape index (κ3) is 5.85. The molecule has 7 N–H and O–H groups in total. The number of aliphatic hydroxyl groups excluding tert-OH is 1. The highest BCUT2D eigenvalue weighted by Gasteiger charge is 2.07. The second-order valence-electron chi connectivity index (χ2n) is 7.68. The Bertz CT molecular complexity index is 981. The summed E-state index contributed by atoms with van der Waals surface area (Å²) in [6.07, 6.45) is 6.15. The van der Waals surface area contributed by atoms with Crippen molar-refractivity contribution >= 4 is 27.8 Å². The van der Waals surface area contributed by atoms with E-state index in [1.807, 2.05) is 48.5 Å². The summed E-state index contributed by atoms with van der Waals surface area (Å²) in [7, 11) is 0. The number of nitrogens with one attached hydrogen (secondary N) is 2. The van der Waals surface area contributed by atoms with E-state index >= 15 is 0 Å². The topological polar surface area (TPSA) is 112 Å². The lowest BCUT2D eigenvalue weighted by Gasteiger charge is -2.19. The molecule has 30 heavy (non-hydrogen) atoms. The van der Waals surface area contributed by atoms with E-state index in [1.54, 1.807) is 18.6 Å². The fraction of sp³-hybridized carbons (Fsp3) is 0.261. The maximum Gasteiger partial charge on any atom is 0.202 e. The first kappa shape index (κ1) is 21.4. The molecule has 7 heteroatoms. The van der Waals surface area contributed by atoms with E-state index < -0.39 is 6.35 Å². The van der Waals surface area contributed by atoms with Crippen LogP contribution in [0.5, 0.6) is 0 Å². The second-order valence-corrected chi connectivity index (χ2v) is 7.68. The maximum absolute atomic E-state index is 10.4. The van der Waals surface area contributed by atoms with Crippen molar-refractivity contribution < 1.29 is 5.11 Å². The number of benzene rings is 2. The van der Waals surface area contributed by atoms with Gasteiger partial charge in [-0.3, -0.25) is 9.99 Å². The Balaban J connectivity index is 1.60. The molecule has 0 spiro atoms. The van der Waals surface area contributed by atoms with E-state index in [1.165, 1.54) is 5.01 Å². The van der Waals surface area contributed by atoms with E-state index in [-0.39, 0.29) is 0 Å². The van der Waals surface area contributed by atoms with Crippen LogP contribution in [0.25, 0.3) is 10.8 Å². The van der Waals surface area contributed by atoms with Crippen LogP contribution >= 0.6 is 0 Å². The normalized spacial score (nSPS) is 12.8. The summed E-state index contributed by atoms with van der Waals surface area (Å²) in [6, 6.07) is 15.2. The number of allylic oxidation sites excluding steroid dienone is 1. The molecule has 0 aliphatic heterocycles. The first-order valence-electron chi connectivity index (χ1n) is 10.1. The molecule has 158 valence electrons. The number of pyridine rings is 1. The van der Waals surface area contributed by atoms with E-state index in [0.29, 0.717) is 5.92 Å². The lowest BCUT2D eigenvalue weighted by atomic mass is 10.1. The largest absolute Gasteiger partial charge is 0.401 e. The van der Waals surface area contributed by atoms with Gasteiger partial charge in [0, 0.05) is 46.4 Å². The van der Waals surface area contributed by atoms with Gasteiger partial charge in [0.15, 0.2) is 0 Å². The number of hydrogen-bond donors (Lipinski definition) is 5. The van der Waals surface area contributed by atoms with Crippen molar-refractivity contribution in [1.82, 2.24) is 4.98 Å². The van der Waals surface area contributed by atoms with Crippen molar-refractivity contribution in [3.8, 4) is 0 Å². The Labute approximate surface area is 177 Å². The Morgan fingerprint density at radius 1 is 1.13 bits per heavy atom. The zero-order valence-corrected chi connectivity index (χ0v) is 17.4. The average molecular weight is 407 g/mol. The molecule has 2 aromatic carbocycles. The molecular weight excluding hydrogens is 376 g/mol. The van der Waals surface area contributed by atoms with Crippen LogP contribution in [0, 0.1) is 5.92 Å². The summed E-state index contributed by atoms with van der Waals surface area (Å²) >= 11 is 0. The second kappa shape index (κ2) is 9.96. The smallest absolute Gasteiger partial charge is 0.202 e. The van der Waals surface area contributed by atoms with Gasteiger partial charge in [-0.1, -0.05) is 26.0 Å². The van der Waals surface area contributed by atoms with Crippen LogP contribution in [0.4, 0.5) is 17.1 Å². The lowest BCUT2D eigenvalue weighted by Crippen LogP contribution is -2.28. The number of aromatic nitrogens is 1. The number of hydrazine groups is 1. The van der Waals surface area contributed by atoms with Crippen molar-refractivity contribution in [2.75, 3.05) is 15.6 Å². The van der Waals surface area contributed by atoms with Gasteiger partial charge in [0.25, 0.3) is 0 Å². The molecule has 1 atom stereocenters. The third-order valence-corrected chi connectivity index (χ3v) is 4.76. The molecule has 0 fully saturated rings. The zero-order chi connectivity index (χ0) is 21.5. The van der Waals surface area contributed by atoms with Gasteiger partial charge in [-0.15, -0.1) is 0 Å². The maximum atomic E-state index is 10.4. The van der Waals surface area contributed by atoms with Crippen LogP contribution in [-0.4, -0.2) is 16.4 Å². The Morgan fingerprint density at radius 3 is 2.63 bits per heavy atom. The minimum absolute atomic E-state index is 0.596. The van der Waals surface area contributed by atoms with E-state index in [2.05, 4.69) is 29.5 Å². The lowest BCUT2D eigenvalue weighted by molar-refractivity contribution is 0.233. The molecule has 1 aromatic heterocycles. The van der Waals surface area contributed by atoms with Crippen molar-refractivity contribution in [3.63, 3.8) is 0 Å². The quantitative estimate of drug-likeness (QED) is 0.208. The number of rotatable bonds is 9. The summed E-state index contributed by atoms with van der Waals surface area (Å²) in [5.74, 6) is 6.69. The molecule has 3 rings (SSSR count). The number of aliphatic hydroxyl groups is 1. The van der Waals surface area contributed by atoms with Gasteiger partial charge < -0.3 is 21.5 Å². The van der Waals surface area contributed by atoms with Gasteiger partial charge >= 0.3 is 0 Å². The molecular formula is C23H30N6O. The van der Waals surface area contributed by atoms with Gasteiger partial charge in [-0.25, -0.2) is 5.84 Å². The molecule has 1 unspecified atom stereocenters. The standard InChI is InChI=1S/C23H30N6O/c1-16(2)6-7-18(24)15-29(25)20-10-8-19(9-11-20)27-23(30)28-22-5-3-4-17-14-26-13-12-21(17)22/h3-5,8-16,23,27-28,30H,6-7,24-25H2,1-2H3/b18-15-. The molecule has 0 amide bonds. The van der Waals surface area contributed by atoms with Crippen molar-refractivity contribution in [2.24, 2.45) is 17.5 Å². The third-order valence-electron chi connectivity index (χ3n) is 4.76. The number of nitrogens with zero attached hydrogens (tertiary/aromatic N) is 2. The van der Waals surface area contributed by atoms with E-state index in [0.717, 1.165) is 46.4 Å². The Morgan fingerprint density at radius 2 is 1.90 bits per heavy atom. The molecule has 0 saturated carbocycles. The number of fused-ring (bicyclic) bond motifs is 1. The van der Waals surface area contributed by atoms with E-state index in [9.17, 15) is 5.11 Å². The van der Waals surface area contributed by atoms with Gasteiger partial charge in [0.2, 0.25) is 6.35 Å². The molecule has 3 aromatic rings. The van der Waals surface area contributed by atoms with Crippen LogP contribution in [0.1, 0.15) is 26.7 Å². The average Bonchev–Trinajstić information content (AvgIpc) is 2.73. The van der Waals surface area contributed by atoms with Crippen molar-refractivity contribution in [3.05, 3.63) is 72.8 Å². The van der Waals surface area contributed by atoms with Crippen LogP contribution in [-0.2, 0) is 0 Å². The molecule has 0 saturated heterocycles. The molecule has 0 aliphatic carbocycles. The molecule has 0 aliphatic rings. The minimum Gasteiger partial charge on any atom is -0.401 e. The first-order chi connectivity index (χ1) is 14.4. The summed E-state index contributed by atoms with van der Waals surface area (Å²) in [4.78, 5) is 4.13. The van der Waals surface area contributed by atoms with Gasteiger partial charge in [0.05, 0.1) is 5.69 Å². The number of nitrogens with two attached hydrogens (primary N) is 2. The van der Waals surface area contributed by atoms with Gasteiger partial charge in [0.1, 0.15) is 0 Å². The summed E-state index contributed by atoms with van der Waals surface area (Å²) in [6.45, 7) is 4.33. The monoisotopic (exact) mass is 406 g/mol. The van der Waals surface area contributed by atoms with Crippen LogP contribution in [0.3, 0.4) is 0 Å². The fourth-order valence-electron chi connectivity index (χ4n) is 3.09. The van der Waals surface area contributed by atoms with Gasteiger partial charge in [-0.05, 0) is 55.2 Å². The summed E-state index contributed by atoms with van der Waals surface area (Å²) < 4.78 is 0. The fourth-order valence-corrected chi connectivity index (χ4v) is 3.09. The van der Waals surface area contributed by atoms with Crippen molar-refractivity contribution in [2.45, 2.75) is 33.0 Å². The SMILES string of the molecule is CC(C)CC/C(N)=C/N(N)c1ccc(NC(O)Nc2cccc3cnccc23)cc1. The summed E-state index contributed by atoms with van der Waals surface area (Å²) in [5, 5.41) is 20.0. The number of hydrogen-bond acceptors (Lipinski definition) is 7. The van der Waals surface area contributed by atoms with Crippen LogP contribution in [0.15, 0.2) is 72.8 Å². The molecule has 0 bridgehead atoms.